The van der Waals surface area contributed by atoms with Crippen LogP contribution in [0.3, 0.4) is 0 Å². The zero-order valence-electron chi connectivity index (χ0n) is 10.6. The Balaban J connectivity index is 2.49. The van der Waals surface area contributed by atoms with E-state index in [0.717, 1.165) is 24.9 Å². The Morgan fingerprint density at radius 2 is 2.06 bits per heavy atom. The van der Waals surface area contributed by atoms with Crippen molar-refractivity contribution in [2.24, 2.45) is 5.92 Å². The molecule has 0 saturated heterocycles. The van der Waals surface area contributed by atoms with Crippen LogP contribution in [0.4, 0.5) is 10.3 Å². The van der Waals surface area contributed by atoms with Gasteiger partial charge in [-0.15, -0.1) is 0 Å². The lowest BCUT2D eigenvalue weighted by Gasteiger charge is -2.14. The second-order valence-corrected chi connectivity index (χ2v) is 4.93. The molecule has 2 aromatic rings. The Bertz CT molecular complexity index is 561. The number of halogens is 2. The summed E-state index contributed by atoms with van der Waals surface area (Å²) >= 11 is 5.82. The number of nitrogens with two attached hydrogens (primary N) is 1. The highest BCUT2D eigenvalue weighted by Crippen LogP contribution is 2.26. The average molecular weight is 270 g/mol. The molecule has 1 aromatic heterocycles. The molecule has 5 heteroatoms. The summed E-state index contributed by atoms with van der Waals surface area (Å²) in [6.07, 6.45) is 2.15. The molecule has 0 amide bonds. The van der Waals surface area contributed by atoms with Crippen molar-refractivity contribution >= 4 is 28.6 Å². The second kappa shape index (κ2) is 5.14. The van der Waals surface area contributed by atoms with Crippen molar-refractivity contribution in [1.29, 1.82) is 0 Å². The van der Waals surface area contributed by atoms with Crippen molar-refractivity contribution in [2.45, 2.75) is 33.2 Å². The monoisotopic (exact) mass is 269 g/mol. The minimum atomic E-state index is -0.462. The van der Waals surface area contributed by atoms with E-state index in [1.807, 2.05) is 4.57 Å². The zero-order valence-corrected chi connectivity index (χ0v) is 11.3. The Labute approximate surface area is 111 Å². The van der Waals surface area contributed by atoms with Gasteiger partial charge in [0.05, 0.1) is 16.1 Å². The molecule has 0 aliphatic heterocycles. The van der Waals surface area contributed by atoms with Crippen LogP contribution in [0.1, 0.15) is 26.7 Å². The van der Waals surface area contributed by atoms with Crippen LogP contribution in [0.2, 0.25) is 5.02 Å². The first-order valence-corrected chi connectivity index (χ1v) is 6.55. The first-order chi connectivity index (χ1) is 8.56. The van der Waals surface area contributed by atoms with E-state index in [0.29, 0.717) is 17.4 Å². The molecule has 98 valence electrons. The van der Waals surface area contributed by atoms with Crippen LogP contribution in [0.15, 0.2) is 12.1 Å². The van der Waals surface area contributed by atoms with Crippen molar-refractivity contribution in [3.8, 4) is 0 Å². The first kappa shape index (κ1) is 13.1. The van der Waals surface area contributed by atoms with E-state index in [-0.39, 0.29) is 5.02 Å². The van der Waals surface area contributed by atoms with Crippen molar-refractivity contribution in [1.82, 2.24) is 9.55 Å². The molecule has 0 aliphatic rings. The number of aromatic nitrogens is 2. The highest BCUT2D eigenvalue weighted by molar-refractivity contribution is 6.31. The van der Waals surface area contributed by atoms with E-state index in [4.69, 9.17) is 17.3 Å². The van der Waals surface area contributed by atoms with Gasteiger partial charge in [0.1, 0.15) is 5.82 Å². The molecule has 2 N–H and O–H groups in total. The normalized spacial score (nSPS) is 11.6. The predicted octanol–water partition coefficient (Wildman–Crippen LogP) is 3.85. The number of anilines is 1. The fraction of sp³-hybridized carbons (Fsp3) is 0.462. The summed E-state index contributed by atoms with van der Waals surface area (Å²) in [5, 5.41) is 0.105. The van der Waals surface area contributed by atoms with Gasteiger partial charge in [-0.2, -0.15) is 0 Å². The van der Waals surface area contributed by atoms with Gasteiger partial charge in [0.15, 0.2) is 0 Å². The van der Waals surface area contributed by atoms with Gasteiger partial charge in [0.25, 0.3) is 0 Å². The third-order valence-electron chi connectivity index (χ3n) is 3.42. The summed E-state index contributed by atoms with van der Waals surface area (Å²) < 4.78 is 15.3. The summed E-state index contributed by atoms with van der Waals surface area (Å²) in [6.45, 7) is 5.09. The molecule has 1 aromatic carbocycles. The third-order valence-corrected chi connectivity index (χ3v) is 3.70. The van der Waals surface area contributed by atoms with Crippen molar-refractivity contribution in [3.05, 3.63) is 23.0 Å². The van der Waals surface area contributed by atoms with Crippen LogP contribution >= 0.6 is 11.6 Å². The van der Waals surface area contributed by atoms with Gasteiger partial charge in [0, 0.05) is 12.6 Å². The van der Waals surface area contributed by atoms with Gasteiger partial charge >= 0.3 is 0 Å². The number of hydrogen-bond donors (Lipinski definition) is 1. The molecule has 0 unspecified atom stereocenters. The quantitative estimate of drug-likeness (QED) is 0.916. The van der Waals surface area contributed by atoms with Gasteiger partial charge in [-0.05, 0) is 12.0 Å². The minimum absolute atomic E-state index is 0.105. The molecule has 0 bridgehead atoms. The molecule has 0 fully saturated rings. The second-order valence-electron chi connectivity index (χ2n) is 4.52. The molecule has 1 heterocycles. The molecule has 0 aliphatic carbocycles. The number of fused-ring (bicyclic) bond motifs is 1. The SMILES string of the molecule is CCC(CC)Cn1c(N)nc2cc(F)c(Cl)cc21. The summed E-state index contributed by atoms with van der Waals surface area (Å²) in [6, 6.07) is 2.93. The average Bonchev–Trinajstić information content (AvgIpc) is 2.63. The van der Waals surface area contributed by atoms with E-state index in [1.54, 1.807) is 6.07 Å². The van der Waals surface area contributed by atoms with Gasteiger partial charge in [0.2, 0.25) is 5.95 Å². The number of imidazole rings is 1. The molecule has 3 nitrogen and oxygen atoms in total. The molecular weight excluding hydrogens is 253 g/mol. The maximum Gasteiger partial charge on any atom is 0.201 e. The van der Waals surface area contributed by atoms with E-state index >= 15 is 0 Å². The molecular formula is C13H17ClFN3. The van der Waals surface area contributed by atoms with E-state index in [2.05, 4.69) is 18.8 Å². The highest BCUT2D eigenvalue weighted by Gasteiger charge is 2.14. The van der Waals surface area contributed by atoms with Crippen LogP contribution in [0.5, 0.6) is 0 Å². The molecule has 0 radical (unpaired) electrons. The molecule has 2 rings (SSSR count). The Morgan fingerprint density at radius 3 is 2.67 bits per heavy atom. The molecule has 0 atom stereocenters. The Kier molecular flexibility index (Phi) is 3.76. The number of benzene rings is 1. The number of rotatable bonds is 4. The zero-order chi connectivity index (χ0) is 13.3. The van der Waals surface area contributed by atoms with Crippen LogP contribution in [0.25, 0.3) is 11.0 Å². The number of hydrogen-bond acceptors (Lipinski definition) is 2. The van der Waals surface area contributed by atoms with Crippen molar-refractivity contribution in [3.63, 3.8) is 0 Å². The van der Waals surface area contributed by atoms with Gasteiger partial charge in [-0.1, -0.05) is 38.3 Å². The van der Waals surface area contributed by atoms with E-state index in [1.165, 1.54) is 6.07 Å². The maximum atomic E-state index is 13.4. The summed E-state index contributed by atoms with van der Waals surface area (Å²) in [7, 11) is 0. The maximum absolute atomic E-state index is 13.4. The molecule has 18 heavy (non-hydrogen) atoms. The summed E-state index contributed by atoms with van der Waals surface area (Å²) in [4.78, 5) is 4.18. The lowest BCUT2D eigenvalue weighted by atomic mass is 10.0. The fourth-order valence-electron chi connectivity index (χ4n) is 2.14. The van der Waals surface area contributed by atoms with Crippen LogP contribution in [-0.2, 0) is 6.54 Å². The smallest absolute Gasteiger partial charge is 0.201 e. The molecule has 0 spiro atoms. The minimum Gasteiger partial charge on any atom is -0.369 e. The number of nitrogen functional groups attached to an aromatic ring is 1. The predicted molar refractivity (Wildman–Crippen MR) is 73.2 cm³/mol. The van der Waals surface area contributed by atoms with Crippen molar-refractivity contribution in [2.75, 3.05) is 5.73 Å². The summed E-state index contributed by atoms with van der Waals surface area (Å²) in [5.74, 6) is 0.489. The summed E-state index contributed by atoms with van der Waals surface area (Å²) in [5.41, 5.74) is 7.25. The van der Waals surface area contributed by atoms with Gasteiger partial charge in [-0.3, -0.25) is 0 Å². The van der Waals surface area contributed by atoms with Gasteiger partial charge in [-0.25, -0.2) is 9.37 Å². The third kappa shape index (κ3) is 2.29. The fourth-order valence-corrected chi connectivity index (χ4v) is 2.29. The standard InChI is InChI=1S/C13H17ClFN3/c1-3-8(4-2)7-18-12-5-9(14)10(15)6-11(12)17-13(18)16/h5-6,8H,3-4,7H2,1-2H3,(H2,16,17). The molecule has 0 saturated carbocycles. The first-order valence-electron chi connectivity index (χ1n) is 6.17. The van der Waals surface area contributed by atoms with Crippen molar-refractivity contribution < 1.29 is 4.39 Å². The van der Waals surface area contributed by atoms with E-state index < -0.39 is 5.82 Å². The van der Waals surface area contributed by atoms with Gasteiger partial charge < -0.3 is 10.3 Å². The van der Waals surface area contributed by atoms with Crippen LogP contribution in [0, 0.1) is 11.7 Å². The van der Waals surface area contributed by atoms with Crippen LogP contribution in [-0.4, -0.2) is 9.55 Å². The largest absolute Gasteiger partial charge is 0.369 e. The lowest BCUT2D eigenvalue weighted by Crippen LogP contribution is -2.11. The number of nitrogens with zero attached hydrogens (tertiary/aromatic N) is 2. The van der Waals surface area contributed by atoms with E-state index in [9.17, 15) is 4.39 Å². The van der Waals surface area contributed by atoms with Crippen LogP contribution < -0.4 is 5.73 Å². The highest BCUT2D eigenvalue weighted by atomic mass is 35.5. The Hall–Kier alpha value is -1.29. The lowest BCUT2D eigenvalue weighted by molar-refractivity contribution is 0.427. The Morgan fingerprint density at radius 1 is 1.39 bits per heavy atom. The topological polar surface area (TPSA) is 43.8 Å².